The van der Waals surface area contributed by atoms with Crippen molar-refractivity contribution in [2.45, 2.75) is 26.4 Å². The normalized spacial score (nSPS) is 10.9. The second-order valence-corrected chi connectivity index (χ2v) is 6.83. The maximum atomic E-state index is 12.9. The van der Waals surface area contributed by atoms with E-state index < -0.39 is 0 Å². The number of ether oxygens (including phenoxy) is 1. The Bertz CT molecular complexity index is 936. The van der Waals surface area contributed by atoms with Crippen LogP contribution in [0.4, 0.5) is 0 Å². The summed E-state index contributed by atoms with van der Waals surface area (Å²) in [7, 11) is 1.62. The lowest BCUT2D eigenvalue weighted by Gasteiger charge is -2.26. The number of hydrogen-bond acceptors (Lipinski definition) is 4. The van der Waals surface area contributed by atoms with Gasteiger partial charge in [0, 0.05) is 17.7 Å². The highest BCUT2D eigenvalue weighted by molar-refractivity contribution is 6.33. The van der Waals surface area contributed by atoms with Gasteiger partial charge in [0.1, 0.15) is 11.4 Å². The summed E-state index contributed by atoms with van der Waals surface area (Å²) in [5.74, 6) is 1.22. The summed E-state index contributed by atoms with van der Waals surface area (Å²) >= 11 is 6.19. The van der Waals surface area contributed by atoms with Crippen molar-refractivity contribution < 1.29 is 14.1 Å². The van der Waals surface area contributed by atoms with Gasteiger partial charge in [-0.25, -0.2) is 0 Å². The average molecular weight is 385 g/mol. The van der Waals surface area contributed by atoms with Gasteiger partial charge in [-0.3, -0.25) is 4.79 Å². The maximum absolute atomic E-state index is 12.9. The number of carbonyl (C=O) groups is 1. The number of benzene rings is 2. The molecule has 0 radical (unpaired) electrons. The first-order chi connectivity index (χ1) is 13.0. The van der Waals surface area contributed by atoms with Crippen molar-refractivity contribution in [1.29, 1.82) is 0 Å². The first-order valence-electron chi connectivity index (χ1n) is 8.65. The zero-order valence-electron chi connectivity index (χ0n) is 15.5. The van der Waals surface area contributed by atoms with Gasteiger partial charge in [0.2, 0.25) is 0 Å². The van der Waals surface area contributed by atoms with E-state index >= 15 is 0 Å². The van der Waals surface area contributed by atoms with Crippen LogP contribution in [0.25, 0.3) is 11.3 Å². The predicted molar refractivity (Wildman–Crippen MR) is 105 cm³/mol. The van der Waals surface area contributed by atoms with Crippen LogP contribution in [0, 0.1) is 0 Å². The Balaban J connectivity index is 1.83. The number of aromatic nitrogens is 1. The molecule has 0 saturated heterocycles. The van der Waals surface area contributed by atoms with Gasteiger partial charge in [-0.15, -0.1) is 0 Å². The van der Waals surface area contributed by atoms with E-state index in [1.807, 2.05) is 44.2 Å². The molecule has 1 amide bonds. The summed E-state index contributed by atoms with van der Waals surface area (Å²) in [5, 5.41) is 4.56. The van der Waals surface area contributed by atoms with Crippen LogP contribution in [0.3, 0.4) is 0 Å². The fourth-order valence-corrected chi connectivity index (χ4v) is 2.97. The highest BCUT2D eigenvalue weighted by Gasteiger charge is 2.22. The zero-order chi connectivity index (χ0) is 19.4. The highest BCUT2D eigenvalue weighted by Crippen LogP contribution is 2.26. The van der Waals surface area contributed by atoms with Crippen LogP contribution in [-0.4, -0.2) is 29.1 Å². The molecule has 5 nitrogen and oxygen atoms in total. The fourth-order valence-electron chi connectivity index (χ4n) is 2.75. The number of amides is 1. The minimum absolute atomic E-state index is 0.0225. The molecule has 0 aliphatic carbocycles. The Labute approximate surface area is 163 Å². The predicted octanol–water partition coefficient (Wildman–Crippen LogP) is 5.05. The van der Waals surface area contributed by atoms with Crippen molar-refractivity contribution in [1.82, 2.24) is 10.1 Å². The molecule has 0 aliphatic heterocycles. The summed E-state index contributed by atoms with van der Waals surface area (Å²) in [5.41, 5.74) is 2.01. The molecule has 1 aromatic heterocycles. The lowest BCUT2D eigenvalue weighted by Crippen LogP contribution is -2.36. The number of hydrogen-bond donors (Lipinski definition) is 0. The Hall–Kier alpha value is -2.79. The van der Waals surface area contributed by atoms with Crippen LogP contribution in [0.2, 0.25) is 5.02 Å². The third-order valence-electron chi connectivity index (χ3n) is 4.23. The van der Waals surface area contributed by atoms with Crippen molar-refractivity contribution in [2.75, 3.05) is 7.11 Å². The summed E-state index contributed by atoms with van der Waals surface area (Å²) < 4.78 is 10.7. The van der Waals surface area contributed by atoms with E-state index in [-0.39, 0.29) is 11.9 Å². The van der Waals surface area contributed by atoms with Crippen molar-refractivity contribution in [3.63, 3.8) is 0 Å². The lowest BCUT2D eigenvalue weighted by atomic mass is 10.1. The molecular weight excluding hydrogens is 364 g/mol. The van der Waals surface area contributed by atoms with Crippen LogP contribution < -0.4 is 4.74 Å². The molecule has 3 aromatic rings. The molecule has 0 spiro atoms. The van der Waals surface area contributed by atoms with Crippen LogP contribution in [-0.2, 0) is 6.54 Å². The van der Waals surface area contributed by atoms with Crippen LogP contribution in [0.15, 0.2) is 59.1 Å². The van der Waals surface area contributed by atoms with Crippen molar-refractivity contribution in [2.24, 2.45) is 0 Å². The topological polar surface area (TPSA) is 55.6 Å². The Kier molecular flexibility index (Phi) is 5.81. The number of rotatable bonds is 6. The lowest BCUT2D eigenvalue weighted by molar-refractivity contribution is 0.0686. The van der Waals surface area contributed by atoms with Crippen molar-refractivity contribution in [3.05, 3.63) is 70.9 Å². The molecule has 0 aliphatic rings. The van der Waals surface area contributed by atoms with E-state index in [9.17, 15) is 4.79 Å². The first kappa shape index (κ1) is 19.0. The average Bonchev–Trinajstić information content (AvgIpc) is 3.14. The molecule has 6 heteroatoms. The van der Waals surface area contributed by atoms with E-state index in [0.29, 0.717) is 28.6 Å². The fraction of sp³-hybridized carbons (Fsp3) is 0.238. The Morgan fingerprint density at radius 2 is 1.96 bits per heavy atom. The van der Waals surface area contributed by atoms with E-state index in [1.54, 1.807) is 36.3 Å². The van der Waals surface area contributed by atoms with Gasteiger partial charge in [0.05, 0.1) is 24.2 Å². The molecule has 0 bridgehead atoms. The van der Waals surface area contributed by atoms with Crippen LogP contribution >= 0.6 is 11.6 Å². The Morgan fingerprint density at radius 3 is 2.67 bits per heavy atom. The first-order valence-corrected chi connectivity index (χ1v) is 9.03. The van der Waals surface area contributed by atoms with Crippen LogP contribution in [0.5, 0.6) is 5.75 Å². The SMILES string of the molecule is COc1cccc(-c2cc(CN(C(=O)c3ccccc3Cl)C(C)C)no2)c1. The van der Waals surface area contributed by atoms with Gasteiger partial charge < -0.3 is 14.2 Å². The van der Waals surface area contributed by atoms with E-state index in [4.69, 9.17) is 20.9 Å². The van der Waals surface area contributed by atoms with Crippen molar-refractivity contribution >= 4 is 17.5 Å². The van der Waals surface area contributed by atoms with Gasteiger partial charge in [0.25, 0.3) is 5.91 Å². The van der Waals surface area contributed by atoms with Gasteiger partial charge in [-0.05, 0) is 38.1 Å². The largest absolute Gasteiger partial charge is 0.497 e. The van der Waals surface area contributed by atoms with E-state index in [2.05, 4.69) is 5.16 Å². The highest BCUT2D eigenvalue weighted by atomic mass is 35.5. The molecule has 0 atom stereocenters. The molecule has 27 heavy (non-hydrogen) atoms. The van der Waals surface area contributed by atoms with Gasteiger partial charge in [0.15, 0.2) is 5.76 Å². The second-order valence-electron chi connectivity index (χ2n) is 6.42. The summed E-state index contributed by atoms with van der Waals surface area (Å²) in [6.45, 7) is 4.24. The summed E-state index contributed by atoms with van der Waals surface area (Å²) in [6, 6.07) is 16.4. The molecule has 0 fully saturated rings. The molecule has 1 heterocycles. The smallest absolute Gasteiger partial charge is 0.255 e. The van der Waals surface area contributed by atoms with Gasteiger partial charge >= 0.3 is 0 Å². The number of methoxy groups -OCH3 is 1. The molecule has 3 rings (SSSR count). The van der Waals surface area contributed by atoms with Gasteiger partial charge in [-0.1, -0.05) is 41.0 Å². The number of nitrogens with zero attached hydrogens (tertiary/aromatic N) is 2. The minimum Gasteiger partial charge on any atom is -0.497 e. The zero-order valence-corrected chi connectivity index (χ0v) is 16.2. The molecule has 0 unspecified atom stereocenters. The number of carbonyl (C=O) groups excluding carboxylic acids is 1. The summed E-state index contributed by atoms with van der Waals surface area (Å²) in [6.07, 6.45) is 0. The molecule has 2 aromatic carbocycles. The van der Waals surface area contributed by atoms with Gasteiger partial charge in [-0.2, -0.15) is 0 Å². The Morgan fingerprint density at radius 1 is 1.19 bits per heavy atom. The van der Waals surface area contributed by atoms with E-state index in [1.165, 1.54) is 0 Å². The maximum Gasteiger partial charge on any atom is 0.255 e. The monoisotopic (exact) mass is 384 g/mol. The third-order valence-corrected chi connectivity index (χ3v) is 4.56. The standard InChI is InChI=1S/C21H21ClN2O3/c1-14(2)24(21(25)18-9-4-5-10-19(18)22)13-16-12-20(27-23-16)15-7-6-8-17(11-15)26-3/h4-12,14H,13H2,1-3H3. The minimum atomic E-state index is -0.137. The second kappa shape index (κ2) is 8.27. The quantitative estimate of drug-likeness (QED) is 0.596. The molecule has 0 N–H and O–H groups in total. The molecule has 140 valence electrons. The van der Waals surface area contributed by atoms with Crippen molar-refractivity contribution in [3.8, 4) is 17.1 Å². The molecular formula is C21H21ClN2O3. The third kappa shape index (κ3) is 4.31. The number of halogens is 1. The summed E-state index contributed by atoms with van der Waals surface area (Å²) in [4.78, 5) is 14.7. The van der Waals surface area contributed by atoms with E-state index in [0.717, 1.165) is 11.3 Å². The van der Waals surface area contributed by atoms with Crippen LogP contribution in [0.1, 0.15) is 29.9 Å². The molecule has 0 saturated carbocycles.